The third kappa shape index (κ3) is 3.63. The van der Waals surface area contributed by atoms with E-state index in [9.17, 15) is 4.79 Å². The van der Waals surface area contributed by atoms with Crippen molar-refractivity contribution in [2.75, 3.05) is 13.2 Å². The number of aromatic nitrogens is 2. The summed E-state index contributed by atoms with van der Waals surface area (Å²) >= 11 is 0. The van der Waals surface area contributed by atoms with Crippen LogP contribution in [0.3, 0.4) is 0 Å². The highest BCUT2D eigenvalue weighted by molar-refractivity contribution is 5.73. The average Bonchev–Trinajstić information content (AvgIpc) is 2.27. The maximum Gasteiger partial charge on any atom is 0.310 e. The molecule has 1 unspecified atom stereocenters. The Morgan fingerprint density at radius 3 is 3.00 bits per heavy atom. The lowest BCUT2D eigenvalue weighted by molar-refractivity contribution is -0.147. The second-order valence-corrected chi connectivity index (χ2v) is 3.09. The summed E-state index contributed by atoms with van der Waals surface area (Å²) in [6.45, 7) is 2.41. The number of carbonyl (C=O) groups is 1. The Kier molecular flexibility index (Phi) is 4.70. The minimum atomic E-state index is -0.320. The van der Waals surface area contributed by atoms with Crippen LogP contribution in [0.5, 0.6) is 0 Å². The first-order chi connectivity index (χ1) is 7.27. The monoisotopic (exact) mass is 209 g/mol. The van der Waals surface area contributed by atoms with Crippen molar-refractivity contribution in [3.8, 4) is 0 Å². The van der Waals surface area contributed by atoms with Crippen LogP contribution in [0.25, 0.3) is 0 Å². The molecule has 0 spiro atoms. The first-order valence-corrected chi connectivity index (χ1v) is 4.89. The first kappa shape index (κ1) is 11.6. The van der Waals surface area contributed by atoms with Crippen molar-refractivity contribution >= 4 is 5.97 Å². The van der Waals surface area contributed by atoms with E-state index < -0.39 is 0 Å². The highest BCUT2D eigenvalue weighted by Gasteiger charge is 2.18. The van der Waals surface area contributed by atoms with Gasteiger partial charge in [-0.25, -0.2) is 9.97 Å². The third-order valence-corrected chi connectivity index (χ3v) is 2.00. The quantitative estimate of drug-likeness (QED) is 0.699. The zero-order valence-electron chi connectivity index (χ0n) is 8.72. The Morgan fingerprint density at radius 2 is 2.47 bits per heavy atom. The Bertz CT molecular complexity index is 303. The molecule has 82 valence electrons. The number of ether oxygens (including phenoxy) is 1. The van der Waals surface area contributed by atoms with E-state index >= 15 is 0 Å². The molecular weight excluding hydrogens is 194 g/mol. The van der Waals surface area contributed by atoms with Gasteiger partial charge in [-0.15, -0.1) is 0 Å². The maximum absolute atomic E-state index is 11.4. The summed E-state index contributed by atoms with van der Waals surface area (Å²) in [6.07, 6.45) is 3.59. The number of rotatable bonds is 5. The maximum atomic E-state index is 11.4. The molecule has 0 bridgehead atoms. The lowest BCUT2D eigenvalue weighted by Gasteiger charge is -2.12. The van der Waals surface area contributed by atoms with Gasteiger partial charge in [0.05, 0.1) is 12.5 Å². The third-order valence-electron chi connectivity index (χ3n) is 2.00. The minimum Gasteiger partial charge on any atom is -0.466 e. The van der Waals surface area contributed by atoms with Gasteiger partial charge in [0, 0.05) is 24.9 Å². The van der Waals surface area contributed by atoms with Crippen molar-refractivity contribution in [3.05, 3.63) is 24.3 Å². The predicted molar refractivity (Wildman–Crippen MR) is 54.9 cm³/mol. The number of esters is 1. The zero-order chi connectivity index (χ0) is 11.1. The Labute approximate surface area is 88.7 Å². The second kappa shape index (κ2) is 6.08. The summed E-state index contributed by atoms with van der Waals surface area (Å²) in [5.41, 5.74) is 6.31. The highest BCUT2D eigenvalue weighted by atomic mass is 16.5. The summed E-state index contributed by atoms with van der Waals surface area (Å²) in [5, 5.41) is 0. The van der Waals surface area contributed by atoms with Crippen molar-refractivity contribution in [2.45, 2.75) is 13.3 Å². The van der Waals surface area contributed by atoms with E-state index in [-0.39, 0.29) is 18.4 Å². The van der Waals surface area contributed by atoms with Gasteiger partial charge in [-0.05, 0) is 13.0 Å². The first-order valence-electron chi connectivity index (χ1n) is 4.89. The van der Waals surface area contributed by atoms with Crippen molar-refractivity contribution < 1.29 is 9.53 Å². The van der Waals surface area contributed by atoms with E-state index in [0.717, 1.165) is 5.69 Å². The molecule has 0 aliphatic rings. The molecule has 0 amide bonds. The molecule has 0 fully saturated rings. The van der Waals surface area contributed by atoms with E-state index in [1.54, 1.807) is 19.2 Å². The highest BCUT2D eigenvalue weighted by Crippen LogP contribution is 2.06. The van der Waals surface area contributed by atoms with E-state index in [0.29, 0.717) is 13.0 Å². The van der Waals surface area contributed by atoms with Gasteiger partial charge >= 0.3 is 5.97 Å². The van der Waals surface area contributed by atoms with Crippen LogP contribution in [0.2, 0.25) is 0 Å². The van der Waals surface area contributed by atoms with Gasteiger partial charge in [-0.3, -0.25) is 4.79 Å². The summed E-state index contributed by atoms with van der Waals surface area (Å²) in [7, 11) is 0. The zero-order valence-corrected chi connectivity index (χ0v) is 8.72. The SMILES string of the molecule is CCOC(=O)C(CN)Cc1ccncn1. The number of hydrogen-bond acceptors (Lipinski definition) is 5. The second-order valence-electron chi connectivity index (χ2n) is 3.09. The number of nitrogens with two attached hydrogens (primary N) is 1. The van der Waals surface area contributed by atoms with Crippen LogP contribution in [0.15, 0.2) is 18.6 Å². The lowest BCUT2D eigenvalue weighted by atomic mass is 10.0. The minimum absolute atomic E-state index is 0.265. The molecule has 1 heterocycles. The van der Waals surface area contributed by atoms with Crippen molar-refractivity contribution in [1.82, 2.24) is 9.97 Å². The Balaban J connectivity index is 2.58. The van der Waals surface area contributed by atoms with Gasteiger partial charge < -0.3 is 10.5 Å². The van der Waals surface area contributed by atoms with E-state index in [1.165, 1.54) is 6.33 Å². The summed E-state index contributed by atoms with van der Waals surface area (Å²) in [5.74, 6) is -0.585. The lowest BCUT2D eigenvalue weighted by Crippen LogP contribution is -2.28. The molecule has 0 saturated heterocycles. The van der Waals surface area contributed by atoms with E-state index in [2.05, 4.69) is 9.97 Å². The van der Waals surface area contributed by atoms with Gasteiger partial charge in [0.15, 0.2) is 0 Å². The molecule has 0 aliphatic heterocycles. The molecule has 1 aromatic heterocycles. The van der Waals surface area contributed by atoms with Crippen molar-refractivity contribution in [3.63, 3.8) is 0 Å². The normalized spacial score (nSPS) is 12.1. The molecule has 0 radical (unpaired) electrons. The van der Waals surface area contributed by atoms with Crippen LogP contribution in [-0.2, 0) is 16.0 Å². The van der Waals surface area contributed by atoms with Gasteiger partial charge in [-0.1, -0.05) is 0 Å². The fraction of sp³-hybridized carbons (Fsp3) is 0.500. The number of nitrogens with zero attached hydrogens (tertiary/aromatic N) is 2. The molecule has 1 rings (SSSR count). The average molecular weight is 209 g/mol. The molecule has 0 aromatic carbocycles. The van der Waals surface area contributed by atoms with Crippen LogP contribution < -0.4 is 5.73 Å². The largest absolute Gasteiger partial charge is 0.466 e. The summed E-state index contributed by atoms with van der Waals surface area (Å²) in [4.78, 5) is 19.3. The standard InChI is InChI=1S/C10H15N3O2/c1-2-15-10(14)8(6-11)5-9-3-4-12-7-13-9/h3-4,7-8H,2,5-6,11H2,1H3. The Hall–Kier alpha value is -1.49. The predicted octanol–water partition coefficient (Wildman–Crippen LogP) is 0.157. The van der Waals surface area contributed by atoms with Gasteiger partial charge in [0.25, 0.3) is 0 Å². The fourth-order valence-corrected chi connectivity index (χ4v) is 1.21. The molecule has 0 saturated carbocycles. The van der Waals surface area contributed by atoms with Gasteiger partial charge in [-0.2, -0.15) is 0 Å². The van der Waals surface area contributed by atoms with Gasteiger partial charge in [0.2, 0.25) is 0 Å². The fourth-order valence-electron chi connectivity index (χ4n) is 1.21. The Morgan fingerprint density at radius 1 is 1.67 bits per heavy atom. The van der Waals surface area contributed by atoms with Crippen LogP contribution in [-0.4, -0.2) is 29.1 Å². The molecule has 15 heavy (non-hydrogen) atoms. The molecule has 5 heteroatoms. The summed E-state index contributed by atoms with van der Waals surface area (Å²) < 4.78 is 4.90. The topological polar surface area (TPSA) is 78.1 Å². The van der Waals surface area contributed by atoms with Gasteiger partial charge in [0.1, 0.15) is 6.33 Å². The number of carbonyl (C=O) groups excluding carboxylic acids is 1. The molecule has 1 atom stereocenters. The molecule has 5 nitrogen and oxygen atoms in total. The van der Waals surface area contributed by atoms with Crippen LogP contribution in [0.1, 0.15) is 12.6 Å². The molecule has 2 N–H and O–H groups in total. The van der Waals surface area contributed by atoms with Crippen LogP contribution >= 0.6 is 0 Å². The van der Waals surface area contributed by atoms with Crippen LogP contribution in [0, 0.1) is 5.92 Å². The van der Waals surface area contributed by atoms with Crippen molar-refractivity contribution in [2.24, 2.45) is 11.7 Å². The van der Waals surface area contributed by atoms with Crippen molar-refractivity contribution in [1.29, 1.82) is 0 Å². The molecule has 1 aromatic rings. The smallest absolute Gasteiger partial charge is 0.310 e. The summed E-state index contributed by atoms with van der Waals surface area (Å²) in [6, 6.07) is 1.77. The number of hydrogen-bond donors (Lipinski definition) is 1. The van der Waals surface area contributed by atoms with Crippen LogP contribution in [0.4, 0.5) is 0 Å². The van der Waals surface area contributed by atoms with E-state index in [1.807, 2.05) is 0 Å². The van der Waals surface area contributed by atoms with E-state index in [4.69, 9.17) is 10.5 Å². The molecule has 0 aliphatic carbocycles. The molecular formula is C10H15N3O2.